The lowest BCUT2D eigenvalue weighted by molar-refractivity contribution is 0.113. The Morgan fingerprint density at radius 2 is 1.86 bits per heavy atom. The summed E-state index contributed by atoms with van der Waals surface area (Å²) in [4.78, 5) is 2.10. The molecule has 0 aromatic heterocycles. The number of likely N-dealkylation sites (N-methyl/N-ethyl adjacent to an activating group) is 1. The van der Waals surface area contributed by atoms with Gasteiger partial charge in [-0.25, -0.2) is 0 Å². The standard InChI is InChI=1S/C17H23N3O2/c1-2-20(14-6-4-3-5-7-14)11-15(21)12-22-17-9-8-13(18)10-16(17)19/h3-10,15,21H,2,11-12,18-19H2,1H3. The van der Waals surface area contributed by atoms with Crippen molar-refractivity contribution in [3.05, 3.63) is 48.5 Å². The summed E-state index contributed by atoms with van der Waals surface area (Å²) in [5, 5.41) is 10.2. The predicted molar refractivity (Wildman–Crippen MR) is 91.1 cm³/mol. The quantitative estimate of drug-likeness (QED) is 0.682. The van der Waals surface area contributed by atoms with Gasteiger partial charge in [-0.1, -0.05) is 18.2 Å². The second-order valence-electron chi connectivity index (χ2n) is 5.14. The number of para-hydroxylation sites is 1. The van der Waals surface area contributed by atoms with Gasteiger partial charge >= 0.3 is 0 Å². The highest BCUT2D eigenvalue weighted by Crippen LogP contribution is 2.23. The van der Waals surface area contributed by atoms with Crippen LogP contribution < -0.4 is 21.1 Å². The van der Waals surface area contributed by atoms with E-state index >= 15 is 0 Å². The fourth-order valence-electron chi connectivity index (χ4n) is 2.25. The Morgan fingerprint density at radius 3 is 2.50 bits per heavy atom. The SMILES string of the molecule is CCN(CC(O)COc1ccc(N)cc1N)c1ccccc1. The second-order valence-corrected chi connectivity index (χ2v) is 5.14. The summed E-state index contributed by atoms with van der Waals surface area (Å²) in [6.07, 6.45) is -0.614. The third-order valence-corrected chi connectivity index (χ3v) is 3.40. The highest BCUT2D eigenvalue weighted by atomic mass is 16.5. The Bertz CT molecular complexity index is 590. The Kier molecular flexibility index (Phi) is 5.49. The maximum atomic E-state index is 10.2. The van der Waals surface area contributed by atoms with Crippen LogP contribution in [-0.2, 0) is 0 Å². The van der Waals surface area contributed by atoms with Crippen molar-refractivity contribution < 1.29 is 9.84 Å². The number of hydrogen-bond acceptors (Lipinski definition) is 5. The number of aliphatic hydroxyl groups is 1. The van der Waals surface area contributed by atoms with Gasteiger partial charge in [0.2, 0.25) is 0 Å². The fourth-order valence-corrected chi connectivity index (χ4v) is 2.25. The van der Waals surface area contributed by atoms with Crippen molar-refractivity contribution >= 4 is 17.1 Å². The molecule has 0 aliphatic heterocycles. The van der Waals surface area contributed by atoms with Gasteiger partial charge in [0.1, 0.15) is 18.5 Å². The molecule has 1 atom stereocenters. The highest BCUT2D eigenvalue weighted by molar-refractivity contribution is 5.60. The molecular formula is C17H23N3O2. The average molecular weight is 301 g/mol. The van der Waals surface area contributed by atoms with E-state index in [0.29, 0.717) is 23.7 Å². The van der Waals surface area contributed by atoms with Crippen LogP contribution in [-0.4, -0.2) is 30.9 Å². The summed E-state index contributed by atoms with van der Waals surface area (Å²) in [5.41, 5.74) is 13.6. The number of anilines is 3. The molecule has 0 radical (unpaired) electrons. The molecule has 2 aromatic rings. The molecule has 2 rings (SSSR count). The maximum absolute atomic E-state index is 10.2. The monoisotopic (exact) mass is 301 g/mol. The van der Waals surface area contributed by atoms with Gasteiger partial charge in [-0.05, 0) is 37.3 Å². The molecule has 5 heteroatoms. The Morgan fingerprint density at radius 1 is 1.14 bits per heavy atom. The van der Waals surface area contributed by atoms with Gasteiger partial charge < -0.3 is 26.2 Å². The zero-order chi connectivity index (χ0) is 15.9. The van der Waals surface area contributed by atoms with Crippen molar-refractivity contribution in [1.82, 2.24) is 0 Å². The number of aliphatic hydroxyl groups excluding tert-OH is 1. The van der Waals surface area contributed by atoms with Crippen molar-refractivity contribution in [2.45, 2.75) is 13.0 Å². The average Bonchev–Trinajstić information content (AvgIpc) is 2.52. The molecule has 0 saturated heterocycles. The second kappa shape index (κ2) is 7.56. The Balaban J connectivity index is 1.90. The summed E-state index contributed by atoms with van der Waals surface area (Å²) >= 11 is 0. The third-order valence-electron chi connectivity index (χ3n) is 3.40. The first kappa shape index (κ1) is 16.0. The van der Waals surface area contributed by atoms with E-state index < -0.39 is 6.10 Å². The minimum absolute atomic E-state index is 0.178. The van der Waals surface area contributed by atoms with Crippen LogP contribution in [0.15, 0.2) is 48.5 Å². The van der Waals surface area contributed by atoms with Crippen LogP contribution in [0.2, 0.25) is 0 Å². The van der Waals surface area contributed by atoms with Gasteiger partial charge in [0.25, 0.3) is 0 Å². The molecule has 0 aliphatic rings. The van der Waals surface area contributed by atoms with Crippen LogP contribution in [0.1, 0.15) is 6.92 Å². The molecule has 2 aromatic carbocycles. The summed E-state index contributed by atoms with van der Waals surface area (Å²) < 4.78 is 5.58. The molecule has 0 bridgehead atoms. The van der Waals surface area contributed by atoms with E-state index in [1.165, 1.54) is 0 Å². The first-order valence-electron chi connectivity index (χ1n) is 7.36. The number of rotatable bonds is 7. The molecule has 0 aliphatic carbocycles. The molecule has 0 spiro atoms. The molecule has 0 amide bonds. The number of hydrogen-bond donors (Lipinski definition) is 3. The topological polar surface area (TPSA) is 84.7 Å². The van der Waals surface area contributed by atoms with Crippen LogP contribution in [0.25, 0.3) is 0 Å². The zero-order valence-electron chi connectivity index (χ0n) is 12.8. The van der Waals surface area contributed by atoms with Crippen molar-refractivity contribution in [3.8, 4) is 5.75 Å². The van der Waals surface area contributed by atoms with Gasteiger partial charge in [-0.2, -0.15) is 0 Å². The lowest BCUT2D eigenvalue weighted by atomic mass is 10.2. The number of benzene rings is 2. The lowest BCUT2D eigenvalue weighted by Crippen LogP contribution is -2.35. The Hall–Kier alpha value is -2.40. The van der Waals surface area contributed by atoms with E-state index in [0.717, 1.165) is 12.2 Å². The minimum Gasteiger partial charge on any atom is -0.489 e. The van der Waals surface area contributed by atoms with Gasteiger partial charge in [-0.15, -0.1) is 0 Å². The van der Waals surface area contributed by atoms with Gasteiger partial charge in [0.15, 0.2) is 0 Å². The van der Waals surface area contributed by atoms with Crippen molar-refractivity contribution in [2.24, 2.45) is 0 Å². The summed E-state index contributed by atoms with van der Waals surface area (Å²) in [5.74, 6) is 0.538. The predicted octanol–water partition coefficient (Wildman–Crippen LogP) is 2.12. The molecule has 0 heterocycles. The van der Waals surface area contributed by atoms with Crippen LogP contribution in [0.5, 0.6) is 5.75 Å². The number of ether oxygens (including phenoxy) is 1. The van der Waals surface area contributed by atoms with Crippen molar-refractivity contribution in [1.29, 1.82) is 0 Å². The smallest absolute Gasteiger partial charge is 0.142 e. The molecular weight excluding hydrogens is 278 g/mol. The van der Waals surface area contributed by atoms with Crippen molar-refractivity contribution in [3.63, 3.8) is 0 Å². The molecule has 118 valence electrons. The molecule has 22 heavy (non-hydrogen) atoms. The van der Waals surface area contributed by atoms with E-state index in [1.54, 1.807) is 18.2 Å². The van der Waals surface area contributed by atoms with Crippen LogP contribution in [0.4, 0.5) is 17.1 Å². The highest BCUT2D eigenvalue weighted by Gasteiger charge is 2.12. The lowest BCUT2D eigenvalue weighted by Gasteiger charge is -2.26. The van der Waals surface area contributed by atoms with Crippen molar-refractivity contribution in [2.75, 3.05) is 36.1 Å². The van der Waals surface area contributed by atoms with Gasteiger partial charge in [-0.3, -0.25) is 0 Å². The minimum atomic E-state index is -0.614. The number of nitrogens with zero attached hydrogens (tertiary/aromatic N) is 1. The summed E-state index contributed by atoms with van der Waals surface area (Å²) in [6, 6.07) is 15.1. The normalized spacial score (nSPS) is 11.9. The first-order chi connectivity index (χ1) is 10.6. The van der Waals surface area contributed by atoms with E-state index in [9.17, 15) is 5.11 Å². The third kappa shape index (κ3) is 4.30. The number of nitrogen functional groups attached to an aromatic ring is 2. The maximum Gasteiger partial charge on any atom is 0.142 e. The molecule has 0 saturated carbocycles. The summed E-state index contributed by atoms with van der Waals surface area (Å²) in [7, 11) is 0. The van der Waals surface area contributed by atoms with E-state index in [1.807, 2.05) is 30.3 Å². The largest absolute Gasteiger partial charge is 0.489 e. The van der Waals surface area contributed by atoms with Crippen LogP contribution in [0.3, 0.4) is 0 Å². The zero-order valence-corrected chi connectivity index (χ0v) is 12.8. The van der Waals surface area contributed by atoms with E-state index in [2.05, 4.69) is 11.8 Å². The number of nitrogens with two attached hydrogens (primary N) is 2. The Labute approximate surface area is 131 Å². The first-order valence-corrected chi connectivity index (χ1v) is 7.36. The molecule has 0 fully saturated rings. The van der Waals surface area contributed by atoms with E-state index in [4.69, 9.17) is 16.2 Å². The molecule has 5 nitrogen and oxygen atoms in total. The van der Waals surface area contributed by atoms with Gasteiger partial charge in [0.05, 0.1) is 5.69 Å². The van der Waals surface area contributed by atoms with E-state index in [-0.39, 0.29) is 6.61 Å². The molecule has 5 N–H and O–H groups in total. The van der Waals surface area contributed by atoms with Crippen LogP contribution in [0, 0.1) is 0 Å². The summed E-state index contributed by atoms with van der Waals surface area (Å²) in [6.45, 7) is 3.54. The van der Waals surface area contributed by atoms with Gasteiger partial charge in [0, 0.05) is 24.5 Å². The molecule has 1 unspecified atom stereocenters. The fraction of sp³-hybridized carbons (Fsp3) is 0.294. The van der Waals surface area contributed by atoms with Crippen LogP contribution >= 0.6 is 0 Å².